The minimum atomic E-state index is -0.987. The first-order valence-electron chi connectivity index (χ1n) is 5.72. The summed E-state index contributed by atoms with van der Waals surface area (Å²) in [6.07, 6.45) is 0. The molecule has 0 fully saturated rings. The lowest BCUT2D eigenvalue weighted by Gasteiger charge is -2.11. The van der Waals surface area contributed by atoms with Crippen molar-refractivity contribution in [1.29, 1.82) is 0 Å². The second-order valence-electron chi connectivity index (χ2n) is 3.94. The zero-order valence-corrected chi connectivity index (χ0v) is 11.8. The van der Waals surface area contributed by atoms with E-state index in [1.807, 2.05) is 12.1 Å². The van der Waals surface area contributed by atoms with Crippen molar-refractivity contribution >= 4 is 46.3 Å². The molecule has 0 saturated carbocycles. The molecular formula is C14H11ClN2O2S. The summed E-state index contributed by atoms with van der Waals surface area (Å²) in [7, 11) is 0. The Hall–Kier alpha value is -2.11. The number of anilines is 2. The quantitative estimate of drug-likeness (QED) is 0.752. The maximum Gasteiger partial charge on any atom is 0.335 e. The van der Waals surface area contributed by atoms with E-state index in [4.69, 9.17) is 28.9 Å². The molecule has 0 aromatic heterocycles. The second-order valence-corrected chi connectivity index (χ2v) is 4.76. The number of carboxylic acid groups (broad SMARTS) is 1. The molecule has 0 unspecified atom stereocenters. The van der Waals surface area contributed by atoms with E-state index in [1.54, 1.807) is 24.3 Å². The van der Waals surface area contributed by atoms with E-state index in [0.29, 0.717) is 21.5 Å². The Labute approximate surface area is 126 Å². The van der Waals surface area contributed by atoms with Crippen molar-refractivity contribution in [3.63, 3.8) is 0 Å². The highest BCUT2D eigenvalue weighted by molar-refractivity contribution is 7.80. The number of hydrogen-bond acceptors (Lipinski definition) is 2. The van der Waals surface area contributed by atoms with Crippen LogP contribution in [0.3, 0.4) is 0 Å². The van der Waals surface area contributed by atoms with Gasteiger partial charge in [-0.05, 0) is 42.5 Å². The van der Waals surface area contributed by atoms with Crippen LogP contribution in [0.15, 0.2) is 48.5 Å². The molecule has 0 amide bonds. The topological polar surface area (TPSA) is 61.4 Å². The van der Waals surface area contributed by atoms with Crippen molar-refractivity contribution in [1.82, 2.24) is 0 Å². The first-order valence-corrected chi connectivity index (χ1v) is 6.51. The van der Waals surface area contributed by atoms with Gasteiger partial charge < -0.3 is 15.7 Å². The zero-order valence-electron chi connectivity index (χ0n) is 10.3. The maximum absolute atomic E-state index is 10.9. The fraction of sp³-hybridized carbons (Fsp3) is 0. The summed E-state index contributed by atoms with van der Waals surface area (Å²) >= 11 is 11.2. The molecule has 2 aromatic rings. The van der Waals surface area contributed by atoms with Crippen molar-refractivity contribution in [2.24, 2.45) is 0 Å². The number of carboxylic acids is 1. The van der Waals surface area contributed by atoms with Crippen molar-refractivity contribution in [2.75, 3.05) is 10.6 Å². The van der Waals surface area contributed by atoms with Gasteiger partial charge in [0.1, 0.15) is 0 Å². The molecule has 3 N–H and O–H groups in total. The first kappa shape index (κ1) is 14.3. The molecule has 0 bridgehead atoms. The van der Waals surface area contributed by atoms with E-state index in [-0.39, 0.29) is 5.56 Å². The molecule has 102 valence electrons. The molecule has 2 aromatic carbocycles. The highest BCUT2D eigenvalue weighted by atomic mass is 35.5. The number of rotatable bonds is 3. The van der Waals surface area contributed by atoms with Gasteiger partial charge in [0.2, 0.25) is 0 Å². The van der Waals surface area contributed by atoms with Gasteiger partial charge in [-0.15, -0.1) is 0 Å². The van der Waals surface area contributed by atoms with Gasteiger partial charge >= 0.3 is 5.97 Å². The summed E-state index contributed by atoms with van der Waals surface area (Å²) in [4.78, 5) is 10.9. The predicted molar refractivity (Wildman–Crippen MR) is 84.7 cm³/mol. The Bertz CT molecular complexity index is 661. The second kappa shape index (κ2) is 6.36. The summed E-state index contributed by atoms with van der Waals surface area (Å²) in [6.45, 7) is 0. The number of nitrogens with one attached hydrogen (secondary N) is 2. The summed E-state index contributed by atoms with van der Waals surface area (Å²) in [5, 5.41) is 15.7. The largest absolute Gasteiger partial charge is 0.478 e. The lowest BCUT2D eigenvalue weighted by atomic mass is 10.2. The molecule has 0 aliphatic rings. The van der Waals surface area contributed by atoms with Crippen LogP contribution in [0.4, 0.5) is 11.4 Å². The number of carbonyl (C=O) groups is 1. The molecule has 0 spiro atoms. The molecule has 0 aliphatic heterocycles. The molecule has 20 heavy (non-hydrogen) atoms. The Kier molecular flexibility index (Phi) is 4.55. The Balaban J connectivity index is 2.07. The first-order chi connectivity index (χ1) is 9.56. The average molecular weight is 307 g/mol. The molecule has 0 aliphatic carbocycles. The molecule has 6 heteroatoms. The van der Waals surface area contributed by atoms with Crippen LogP contribution in [0.25, 0.3) is 0 Å². The third-order valence-corrected chi connectivity index (χ3v) is 3.02. The van der Waals surface area contributed by atoms with Gasteiger partial charge in [-0.25, -0.2) is 4.79 Å². The number of halogens is 1. The Morgan fingerprint density at radius 2 is 1.85 bits per heavy atom. The van der Waals surface area contributed by atoms with Crippen LogP contribution in [0.2, 0.25) is 5.02 Å². The summed E-state index contributed by atoms with van der Waals surface area (Å²) in [5.74, 6) is -0.987. The number of benzene rings is 2. The summed E-state index contributed by atoms with van der Waals surface area (Å²) < 4.78 is 0. The number of hydrogen-bond donors (Lipinski definition) is 3. The predicted octanol–water partition coefficient (Wildman–Crippen LogP) is 3.85. The van der Waals surface area contributed by atoms with Crippen molar-refractivity contribution < 1.29 is 9.90 Å². The molecule has 2 rings (SSSR count). The standard InChI is InChI=1S/C14H11ClN2O2S/c15-11-6-1-2-7-12(11)17-14(20)16-10-5-3-4-9(8-10)13(18)19/h1-8H,(H,18,19)(H2,16,17,20). The minimum absolute atomic E-state index is 0.190. The molecule has 0 saturated heterocycles. The lowest BCUT2D eigenvalue weighted by Crippen LogP contribution is -2.19. The van der Waals surface area contributed by atoms with E-state index in [9.17, 15) is 4.79 Å². The number of aromatic carboxylic acids is 1. The number of thiocarbonyl (C=S) groups is 1. The van der Waals surface area contributed by atoms with Gasteiger partial charge in [0.05, 0.1) is 16.3 Å². The third-order valence-electron chi connectivity index (χ3n) is 2.49. The van der Waals surface area contributed by atoms with Gasteiger partial charge in [0, 0.05) is 5.69 Å². The Morgan fingerprint density at radius 3 is 2.55 bits per heavy atom. The smallest absolute Gasteiger partial charge is 0.335 e. The zero-order chi connectivity index (χ0) is 14.5. The highest BCUT2D eigenvalue weighted by Crippen LogP contribution is 2.20. The average Bonchev–Trinajstić information content (AvgIpc) is 2.41. The van der Waals surface area contributed by atoms with Crippen molar-refractivity contribution in [2.45, 2.75) is 0 Å². The molecule has 0 heterocycles. The van der Waals surface area contributed by atoms with Gasteiger partial charge in [-0.3, -0.25) is 0 Å². The molecule has 0 atom stereocenters. The highest BCUT2D eigenvalue weighted by Gasteiger charge is 2.05. The third kappa shape index (κ3) is 3.69. The van der Waals surface area contributed by atoms with Crippen LogP contribution in [-0.4, -0.2) is 16.2 Å². The molecular weight excluding hydrogens is 296 g/mol. The van der Waals surface area contributed by atoms with Crippen LogP contribution in [0.1, 0.15) is 10.4 Å². The van der Waals surface area contributed by atoms with Crippen molar-refractivity contribution in [3.05, 3.63) is 59.1 Å². The molecule has 4 nitrogen and oxygen atoms in total. The minimum Gasteiger partial charge on any atom is -0.478 e. The summed E-state index contributed by atoms with van der Waals surface area (Å²) in [5.41, 5.74) is 1.46. The van der Waals surface area contributed by atoms with E-state index in [1.165, 1.54) is 12.1 Å². The monoisotopic (exact) mass is 306 g/mol. The molecule has 0 radical (unpaired) electrons. The van der Waals surface area contributed by atoms with Crippen LogP contribution in [-0.2, 0) is 0 Å². The lowest BCUT2D eigenvalue weighted by molar-refractivity contribution is 0.0697. The van der Waals surface area contributed by atoms with Crippen LogP contribution in [0, 0.1) is 0 Å². The van der Waals surface area contributed by atoms with E-state index in [2.05, 4.69) is 10.6 Å². The van der Waals surface area contributed by atoms with Gasteiger partial charge in [0.25, 0.3) is 0 Å². The van der Waals surface area contributed by atoms with Gasteiger partial charge in [0.15, 0.2) is 5.11 Å². The van der Waals surface area contributed by atoms with Gasteiger partial charge in [-0.1, -0.05) is 29.8 Å². The van der Waals surface area contributed by atoms with E-state index in [0.717, 1.165) is 0 Å². The van der Waals surface area contributed by atoms with E-state index >= 15 is 0 Å². The van der Waals surface area contributed by atoms with Crippen LogP contribution >= 0.6 is 23.8 Å². The van der Waals surface area contributed by atoms with Crippen molar-refractivity contribution in [3.8, 4) is 0 Å². The fourth-order valence-electron chi connectivity index (χ4n) is 1.58. The summed E-state index contributed by atoms with van der Waals surface area (Å²) in [6, 6.07) is 13.6. The SMILES string of the molecule is O=C(O)c1cccc(NC(=S)Nc2ccccc2Cl)c1. The maximum atomic E-state index is 10.9. The van der Waals surface area contributed by atoms with Crippen LogP contribution in [0.5, 0.6) is 0 Å². The normalized spacial score (nSPS) is 9.85. The van der Waals surface area contributed by atoms with Crippen LogP contribution < -0.4 is 10.6 Å². The number of para-hydroxylation sites is 1. The van der Waals surface area contributed by atoms with Gasteiger partial charge in [-0.2, -0.15) is 0 Å². The fourth-order valence-corrected chi connectivity index (χ4v) is 1.99. The Morgan fingerprint density at radius 1 is 1.10 bits per heavy atom. The van der Waals surface area contributed by atoms with E-state index < -0.39 is 5.97 Å².